The van der Waals surface area contributed by atoms with Crippen LogP contribution in [0.2, 0.25) is 0 Å². The van der Waals surface area contributed by atoms with Crippen molar-refractivity contribution in [3.8, 4) is 0 Å². The molecule has 3 atom stereocenters. The molecular weight excluding hydrogens is 252 g/mol. The zero-order valence-electron chi connectivity index (χ0n) is 13.5. The van der Waals surface area contributed by atoms with E-state index in [1.807, 2.05) is 0 Å². The second-order valence-corrected chi connectivity index (χ2v) is 5.99. The maximum Gasteiger partial charge on any atom is 0.302 e. The average molecular weight is 284 g/mol. The molecule has 0 aliphatic carbocycles. The van der Waals surface area contributed by atoms with Crippen molar-refractivity contribution >= 4 is 5.97 Å². The molecule has 3 heteroatoms. The van der Waals surface area contributed by atoms with Crippen LogP contribution in [0.5, 0.6) is 0 Å². The average Bonchev–Trinajstić information content (AvgIpc) is 2.37. The summed E-state index contributed by atoms with van der Waals surface area (Å²) in [5.41, 5.74) is 0. The van der Waals surface area contributed by atoms with Gasteiger partial charge >= 0.3 is 5.97 Å². The zero-order valence-corrected chi connectivity index (χ0v) is 13.5. The summed E-state index contributed by atoms with van der Waals surface area (Å²) in [4.78, 5) is 11.4. The first-order valence-electron chi connectivity index (χ1n) is 8.50. The SMILES string of the molecule is CCCCCC(OC(C)=O)C1CCCCCC(CC)O1. The van der Waals surface area contributed by atoms with Gasteiger partial charge in [0.1, 0.15) is 6.10 Å². The molecule has 0 radical (unpaired) electrons. The van der Waals surface area contributed by atoms with E-state index in [0.29, 0.717) is 6.10 Å². The van der Waals surface area contributed by atoms with Crippen molar-refractivity contribution in [2.75, 3.05) is 0 Å². The van der Waals surface area contributed by atoms with Gasteiger partial charge in [0, 0.05) is 6.92 Å². The molecule has 0 N–H and O–H groups in total. The van der Waals surface area contributed by atoms with Gasteiger partial charge in [0.25, 0.3) is 0 Å². The molecule has 0 spiro atoms. The molecule has 0 aromatic heterocycles. The molecule has 1 aliphatic heterocycles. The molecule has 3 nitrogen and oxygen atoms in total. The molecule has 0 amide bonds. The van der Waals surface area contributed by atoms with Crippen molar-refractivity contribution in [2.24, 2.45) is 0 Å². The van der Waals surface area contributed by atoms with Gasteiger partial charge < -0.3 is 9.47 Å². The molecule has 0 aromatic rings. The number of carbonyl (C=O) groups excluding carboxylic acids is 1. The summed E-state index contributed by atoms with van der Waals surface area (Å²) < 4.78 is 11.8. The highest BCUT2D eigenvalue weighted by molar-refractivity contribution is 5.66. The number of hydrogen-bond acceptors (Lipinski definition) is 3. The van der Waals surface area contributed by atoms with Crippen LogP contribution in [0.15, 0.2) is 0 Å². The van der Waals surface area contributed by atoms with E-state index in [4.69, 9.17) is 9.47 Å². The van der Waals surface area contributed by atoms with Gasteiger partial charge in [-0.2, -0.15) is 0 Å². The van der Waals surface area contributed by atoms with Gasteiger partial charge in [0.15, 0.2) is 0 Å². The lowest BCUT2D eigenvalue weighted by molar-refractivity contribution is -0.161. The highest BCUT2D eigenvalue weighted by Crippen LogP contribution is 2.25. The van der Waals surface area contributed by atoms with Crippen LogP contribution in [0.1, 0.15) is 85.0 Å². The van der Waals surface area contributed by atoms with E-state index in [-0.39, 0.29) is 18.2 Å². The predicted molar refractivity (Wildman–Crippen MR) is 81.7 cm³/mol. The van der Waals surface area contributed by atoms with E-state index in [9.17, 15) is 4.79 Å². The van der Waals surface area contributed by atoms with Crippen molar-refractivity contribution in [3.05, 3.63) is 0 Å². The summed E-state index contributed by atoms with van der Waals surface area (Å²) in [7, 11) is 0. The summed E-state index contributed by atoms with van der Waals surface area (Å²) >= 11 is 0. The lowest BCUT2D eigenvalue weighted by atomic mass is 9.97. The number of hydrogen-bond donors (Lipinski definition) is 0. The predicted octanol–water partition coefficient (Wildman–Crippen LogP) is 4.63. The van der Waals surface area contributed by atoms with Crippen molar-refractivity contribution in [2.45, 2.75) is 103 Å². The minimum Gasteiger partial charge on any atom is -0.460 e. The van der Waals surface area contributed by atoms with Crippen LogP contribution < -0.4 is 0 Å². The molecule has 1 fully saturated rings. The fraction of sp³-hybridized carbons (Fsp3) is 0.941. The van der Waals surface area contributed by atoms with E-state index in [0.717, 1.165) is 32.1 Å². The van der Waals surface area contributed by atoms with E-state index in [1.165, 1.54) is 39.0 Å². The van der Waals surface area contributed by atoms with Gasteiger partial charge in [0.05, 0.1) is 12.2 Å². The van der Waals surface area contributed by atoms with E-state index in [2.05, 4.69) is 13.8 Å². The number of carbonyl (C=O) groups is 1. The minimum absolute atomic E-state index is 0.0498. The van der Waals surface area contributed by atoms with Crippen LogP contribution in [-0.4, -0.2) is 24.3 Å². The highest BCUT2D eigenvalue weighted by atomic mass is 16.6. The van der Waals surface area contributed by atoms with Crippen LogP contribution in [0.3, 0.4) is 0 Å². The summed E-state index contributed by atoms with van der Waals surface area (Å²) in [6.45, 7) is 5.88. The number of unbranched alkanes of at least 4 members (excludes halogenated alkanes) is 2. The van der Waals surface area contributed by atoms with Crippen LogP contribution in [-0.2, 0) is 14.3 Å². The Kier molecular flexibility index (Phi) is 8.92. The third-order valence-electron chi connectivity index (χ3n) is 4.16. The molecule has 0 aromatic carbocycles. The van der Waals surface area contributed by atoms with Crippen molar-refractivity contribution in [1.82, 2.24) is 0 Å². The molecule has 118 valence electrons. The largest absolute Gasteiger partial charge is 0.460 e. The second kappa shape index (κ2) is 10.2. The monoisotopic (exact) mass is 284 g/mol. The number of rotatable bonds is 7. The second-order valence-electron chi connectivity index (χ2n) is 5.99. The third-order valence-corrected chi connectivity index (χ3v) is 4.16. The molecule has 0 bridgehead atoms. The Morgan fingerprint density at radius 2 is 1.95 bits per heavy atom. The zero-order chi connectivity index (χ0) is 14.8. The molecule has 1 aliphatic rings. The molecular formula is C17H32O3. The fourth-order valence-electron chi connectivity index (χ4n) is 2.98. The Labute approximate surface area is 124 Å². The standard InChI is InChI=1S/C17H32O3/c1-4-6-8-12-16(19-14(3)18)17-13-10-7-9-11-15(5-2)20-17/h15-17H,4-13H2,1-3H3. The number of ether oxygens (including phenoxy) is 2. The smallest absolute Gasteiger partial charge is 0.302 e. The Bertz CT molecular complexity index is 265. The van der Waals surface area contributed by atoms with Gasteiger partial charge in [-0.3, -0.25) is 4.79 Å². The summed E-state index contributed by atoms with van der Waals surface area (Å²) in [5.74, 6) is -0.176. The summed E-state index contributed by atoms with van der Waals surface area (Å²) in [6.07, 6.45) is 11.8. The van der Waals surface area contributed by atoms with Crippen molar-refractivity contribution in [1.29, 1.82) is 0 Å². The fourth-order valence-corrected chi connectivity index (χ4v) is 2.98. The molecule has 1 saturated heterocycles. The molecule has 1 rings (SSSR count). The summed E-state index contributed by atoms with van der Waals surface area (Å²) in [6, 6.07) is 0. The lowest BCUT2D eigenvalue weighted by Crippen LogP contribution is -2.37. The van der Waals surface area contributed by atoms with Crippen LogP contribution >= 0.6 is 0 Å². The van der Waals surface area contributed by atoms with Gasteiger partial charge in [-0.1, -0.05) is 46.0 Å². The first kappa shape index (κ1) is 17.5. The van der Waals surface area contributed by atoms with Gasteiger partial charge in [0.2, 0.25) is 0 Å². The topological polar surface area (TPSA) is 35.5 Å². The maximum atomic E-state index is 11.4. The van der Waals surface area contributed by atoms with Crippen LogP contribution in [0, 0.1) is 0 Å². The Morgan fingerprint density at radius 1 is 1.20 bits per heavy atom. The normalized spacial score (nSPS) is 25.6. The van der Waals surface area contributed by atoms with Crippen molar-refractivity contribution in [3.63, 3.8) is 0 Å². The van der Waals surface area contributed by atoms with Crippen LogP contribution in [0.25, 0.3) is 0 Å². The van der Waals surface area contributed by atoms with Gasteiger partial charge in [-0.05, 0) is 32.1 Å². The molecule has 1 heterocycles. The number of esters is 1. The van der Waals surface area contributed by atoms with Crippen molar-refractivity contribution < 1.29 is 14.3 Å². The Hall–Kier alpha value is -0.570. The van der Waals surface area contributed by atoms with E-state index in [1.54, 1.807) is 0 Å². The first-order chi connectivity index (χ1) is 9.67. The molecule has 0 saturated carbocycles. The maximum absolute atomic E-state index is 11.4. The first-order valence-corrected chi connectivity index (χ1v) is 8.50. The van der Waals surface area contributed by atoms with Gasteiger partial charge in [-0.25, -0.2) is 0 Å². The Balaban J connectivity index is 2.60. The Morgan fingerprint density at radius 3 is 2.60 bits per heavy atom. The summed E-state index contributed by atoms with van der Waals surface area (Å²) in [5, 5.41) is 0. The van der Waals surface area contributed by atoms with E-state index >= 15 is 0 Å². The highest BCUT2D eigenvalue weighted by Gasteiger charge is 2.28. The van der Waals surface area contributed by atoms with E-state index < -0.39 is 0 Å². The molecule has 20 heavy (non-hydrogen) atoms. The quantitative estimate of drug-likeness (QED) is 0.505. The van der Waals surface area contributed by atoms with Crippen LogP contribution in [0.4, 0.5) is 0 Å². The third kappa shape index (κ3) is 6.74. The lowest BCUT2D eigenvalue weighted by Gasteiger charge is -2.32. The van der Waals surface area contributed by atoms with Gasteiger partial charge in [-0.15, -0.1) is 0 Å². The minimum atomic E-state index is -0.176. The molecule has 3 unspecified atom stereocenters.